The van der Waals surface area contributed by atoms with Crippen LogP contribution in [0.2, 0.25) is 0 Å². The molecule has 1 aromatic carbocycles. The first-order valence-electron chi connectivity index (χ1n) is 6.48. The standard InChI is InChI=1S/C14H15F2NO3/c15-11-6-5-8(7-12(11)16)17-13(18)9-3-1-2-4-10(9)14(19)20/h5-7,9-10H,1-4H2,(H,17,18)(H,19,20)/t9-,10+/m1/s1. The Morgan fingerprint density at radius 1 is 1.10 bits per heavy atom. The van der Waals surface area contributed by atoms with Crippen molar-refractivity contribution in [3.63, 3.8) is 0 Å². The van der Waals surface area contributed by atoms with Crippen molar-refractivity contribution in [2.45, 2.75) is 25.7 Å². The molecule has 1 aliphatic rings. The zero-order chi connectivity index (χ0) is 14.7. The highest BCUT2D eigenvalue weighted by Gasteiger charge is 2.35. The number of hydrogen-bond acceptors (Lipinski definition) is 2. The maximum Gasteiger partial charge on any atom is 0.307 e. The van der Waals surface area contributed by atoms with Gasteiger partial charge < -0.3 is 10.4 Å². The van der Waals surface area contributed by atoms with E-state index in [0.717, 1.165) is 25.0 Å². The minimum absolute atomic E-state index is 0.128. The molecule has 2 atom stereocenters. The number of nitrogens with one attached hydrogen (secondary N) is 1. The number of rotatable bonds is 3. The van der Waals surface area contributed by atoms with Crippen LogP contribution < -0.4 is 5.32 Å². The van der Waals surface area contributed by atoms with E-state index < -0.39 is 35.3 Å². The number of carboxylic acids is 1. The zero-order valence-electron chi connectivity index (χ0n) is 10.7. The highest BCUT2D eigenvalue weighted by molar-refractivity contribution is 5.95. The minimum atomic E-state index is -1.05. The number of aliphatic carboxylic acids is 1. The third kappa shape index (κ3) is 3.12. The van der Waals surface area contributed by atoms with Crippen molar-refractivity contribution in [1.29, 1.82) is 0 Å². The van der Waals surface area contributed by atoms with E-state index in [1.807, 2.05) is 0 Å². The van der Waals surface area contributed by atoms with E-state index in [1.54, 1.807) is 0 Å². The molecule has 108 valence electrons. The Labute approximate surface area is 114 Å². The average Bonchev–Trinajstić information content (AvgIpc) is 2.43. The second-order valence-corrected chi connectivity index (χ2v) is 4.95. The fourth-order valence-electron chi connectivity index (χ4n) is 2.55. The van der Waals surface area contributed by atoms with Crippen LogP contribution in [0.5, 0.6) is 0 Å². The lowest BCUT2D eigenvalue weighted by atomic mass is 9.78. The summed E-state index contributed by atoms with van der Waals surface area (Å²) >= 11 is 0. The van der Waals surface area contributed by atoms with Gasteiger partial charge in [0, 0.05) is 11.8 Å². The van der Waals surface area contributed by atoms with Gasteiger partial charge in [0.2, 0.25) is 5.91 Å². The van der Waals surface area contributed by atoms with E-state index in [4.69, 9.17) is 5.11 Å². The molecule has 1 aliphatic carbocycles. The summed E-state index contributed by atoms with van der Waals surface area (Å²) in [4.78, 5) is 23.2. The topological polar surface area (TPSA) is 66.4 Å². The molecule has 1 saturated carbocycles. The van der Waals surface area contributed by atoms with Gasteiger partial charge in [-0.05, 0) is 25.0 Å². The van der Waals surface area contributed by atoms with Crippen molar-refractivity contribution in [2.24, 2.45) is 11.8 Å². The molecule has 0 saturated heterocycles. The number of benzene rings is 1. The fraction of sp³-hybridized carbons (Fsp3) is 0.429. The molecule has 6 heteroatoms. The summed E-state index contributed by atoms with van der Waals surface area (Å²) in [5.41, 5.74) is 0.128. The number of carboxylic acid groups (broad SMARTS) is 1. The molecule has 1 aromatic rings. The minimum Gasteiger partial charge on any atom is -0.481 e. The number of anilines is 1. The second kappa shape index (κ2) is 5.98. The van der Waals surface area contributed by atoms with Crippen molar-refractivity contribution in [1.82, 2.24) is 0 Å². The van der Waals surface area contributed by atoms with Gasteiger partial charge in [0.1, 0.15) is 0 Å². The number of hydrogen-bond donors (Lipinski definition) is 2. The fourth-order valence-corrected chi connectivity index (χ4v) is 2.55. The molecule has 0 radical (unpaired) electrons. The third-order valence-corrected chi connectivity index (χ3v) is 3.61. The van der Waals surface area contributed by atoms with Gasteiger partial charge in [-0.2, -0.15) is 0 Å². The van der Waals surface area contributed by atoms with Crippen LogP contribution in [-0.4, -0.2) is 17.0 Å². The summed E-state index contributed by atoms with van der Waals surface area (Å²) in [5.74, 6) is -4.84. The monoisotopic (exact) mass is 283 g/mol. The molecule has 2 rings (SSSR count). The third-order valence-electron chi connectivity index (χ3n) is 3.61. The molecule has 0 spiro atoms. The summed E-state index contributed by atoms with van der Waals surface area (Å²) in [7, 11) is 0. The molecule has 0 heterocycles. The molecule has 1 fully saturated rings. The van der Waals surface area contributed by atoms with E-state index in [2.05, 4.69) is 5.32 Å². The van der Waals surface area contributed by atoms with Crippen LogP contribution in [-0.2, 0) is 9.59 Å². The largest absolute Gasteiger partial charge is 0.481 e. The van der Waals surface area contributed by atoms with Crippen LogP contribution in [0.3, 0.4) is 0 Å². The summed E-state index contributed by atoms with van der Waals surface area (Å²) < 4.78 is 25.8. The Hall–Kier alpha value is -1.98. The van der Waals surface area contributed by atoms with E-state index in [-0.39, 0.29) is 5.69 Å². The van der Waals surface area contributed by atoms with Crippen LogP contribution in [0.25, 0.3) is 0 Å². The van der Waals surface area contributed by atoms with Gasteiger partial charge in [0.25, 0.3) is 0 Å². The van der Waals surface area contributed by atoms with Crippen molar-refractivity contribution in [3.05, 3.63) is 29.8 Å². The molecule has 0 unspecified atom stereocenters. The Morgan fingerprint density at radius 3 is 2.35 bits per heavy atom. The number of carbonyl (C=O) groups is 2. The van der Waals surface area contributed by atoms with Gasteiger partial charge >= 0.3 is 5.97 Å². The highest BCUT2D eigenvalue weighted by atomic mass is 19.2. The molecule has 0 aliphatic heterocycles. The maximum atomic E-state index is 13.1. The molecular weight excluding hydrogens is 268 g/mol. The van der Waals surface area contributed by atoms with Crippen LogP contribution >= 0.6 is 0 Å². The number of carbonyl (C=O) groups excluding carboxylic acids is 1. The summed E-state index contributed by atoms with van der Waals surface area (Å²) in [5, 5.41) is 11.6. The molecule has 0 bridgehead atoms. The second-order valence-electron chi connectivity index (χ2n) is 4.95. The first kappa shape index (κ1) is 14.4. The van der Waals surface area contributed by atoms with Crippen molar-refractivity contribution in [3.8, 4) is 0 Å². The summed E-state index contributed by atoms with van der Waals surface area (Å²) in [6, 6.07) is 3.04. The van der Waals surface area contributed by atoms with E-state index in [0.29, 0.717) is 12.8 Å². The van der Waals surface area contributed by atoms with Gasteiger partial charge in [0.15, 0.2) is 11.6 Å². The molecule has 2 N–H and O–H groups in total. The lowest BCUT2D eigenvalue weighted by Crippen LogP contribution is -2.36. The number of halogens is 2. The molecule has 20 heavy (non-hydrogen) atoms. The van der Waals surface area contributed by atoms with Crippen molar-refractivity contribution < 1.29 is 23.5 Å². The molecule has 4 nitrogen and oxygen atoms in total. The van der Waals surface area contributed by atoms with Gasteiger partial charge in [-0.15, -0.1) is 0 Å². The van der Waals surface area contributed by atoms with E-state index in [9.17, 15) is 18.4 Å². The van der Waals surface area contributed by atoms with Gasteiger partial charge in [0.05, 0.1) is 11.8 Å². The first-order valence-corrected chi connectivity index (χ1v) is 6.48. The Balaban J connectivity index is 2.09. The van der Waals surface area contributed by atoms with Crippen LogP contribution in [0.1, 0.15) is 25.7 Å². The van der Waals surface area contributed by atoms with E-state index in [1.165, 1.54) is 6.07 Å². The predicted molar refractivity (Wildman–Crippen MR) is 68.1 cm³/mol. The average molecular weight is 283 g/mol. The van der Waals surface area contributed by atoms with Gasteiger partial charge in [-0.3, -0.25) is 9.59 Å². The summed E-state index contributed by atoms with van der Waals surface area (Å²) in [6.07, 6.45) is 2.53. The Morgan fingerprint density at radius 2 is 1.75 bits per heavy atom. The number of amides is 1. The van der Waals surface area contributed by atoms with Gasteiger partial charge in [-0.25, -0.2) is 8.78 Å². The lowest BCUT2D eigenvalue weighted by molar-refractivity contribution is -0.147. The van der Waals surface area contributed by atoms with Crippen molar-refractivity contribution >= 4 is 17.6 Å². The Bertz CT molecular complexity index is 533. The van der Waals surface area contributed by atoms with Gasteiger partial charge in [-0.1, -0.05) is 12.8 Å². The maximum absolute atomic E-state index is 13.1. The highest BCUT2D eigenvalue weighted by Crippen LogP contribution is 2.31. The Kier molecular flexibility index (Phi) is 4.32. The zero-order valence-corrected chi connectivity index (χ0v) is 10.7. The molecule has 1 amide bonds. The first-order chi connectivity index (χ1) is 9.49. The van der Waals surface area contributed by atoms with Crippen LogP contribution in [0, 0.1) is 23.5 Å². The predicted octanol–water partition coefficient (Wildman–Crippen LogP) is 2.79. The smallest absolute Gasteiger partial charge is 0.307 e. The van der Waals surface area contributed by atoms with Crippen LogP contribution in [0.15, 0.2) is 18.2 Å². The quantitative estimate of drug-likeness (QED) is 0.896. The normalized spacial score (nSPS) is 22.3. The van der Waals surface area contributed by atoms with Crippen molar-refractivity contribution in [2.75, 3.05) is 5.32 Å². The molecular formula is C14H15F2NO3. The SMILES string of the molecule is O=C(O)[C@H]1CCCC[C@H]1C(=O)Nc1ccc(F)c(F)c1. The molecule has 0 aromatic heterocycles. The van der Waals surface area contributed by atoms with Crippen LogP contribution in [0.4, 0.5) is 14.5 Å². The summed E-state index contributed by atoms with van der Waals surface area (Å²) in [6.45, 7) is 0. The lowest BCUT2D eigenvalue weighted by Gasteiger charge is -2.27. The van der Waals surface area contributed by atoms with E-state index >= 15 is 0 Å².